The Balaban J connectivity index is 1.16. The van der Waals surface area contributed by atoms with E-state index in [1.54, 1.807) is 16.4 Å². The average molecular weight is 774 g/mol. The highest BCUT2D eigenvalue weighted by Gasteiger charge is 2.32. The van der Waals surface area contributed by atoms with Gasteiger partial charge in [0.2, 0.25) is 17.5 Å². The van der Waals surface area contributed by atoms with E-state index in [2.05, 4.69) is 37.2 Å². The lowest BCUT2D eigenvalue weighted by molar-refractivity contribution is -0.137. The summed E-state index contributed by atoms with van der Waals surface area (Å²) in [6.45, 7) is 4.43. The van der Waals surface area contributed by atoms with Crippen LogP contribution in [-0.4, -0.2) is 72.0 Å². The first kappa shape index (κ1) is 37.4. The lowest BCUT2D eigenvalue weighted by Crippen LogP contribution is -2.51. The quantitative estimate of drug-likeness (QED) is 0.201. The van der Waals surface area contributed by atoms with E-state index in [4.69, 9.17) is 16.3 Å². The molecule has 284 valence electrons. The summed E-state index contributed by atoms with van der Waals surface area (Å²) in [4.78, 5) is 58.1. The van der Waals surface area contributed by atoms with Crippen molar-refractivity contribution in [2.75, 3.05) is 36.4 Å². The van der Waals surface area contributed by atoms with Gasteiger partial charge in [0.25, 0.3) is 11.5 Å². The number of nitrogens with one attached hydrogen (secondary N) is 1. The molecule has 13 nitrogen and oxygen atoms in total. The topological polar surface area (TPSA) is 140 Å². The third kappa shape index (κ3) is 8.12. The van der Waals surface area contributed by atoms with Crippen molar-refractivity contribution in [1.29, 1.82) is 0 Å². The molecule has 2 aromatic carbocycles. The lowest BCUT2D eigenvalue weighted by atomic mass is 10.2. The van der Waals surface area contributed by atoms with Crippen LogP contribution in [0.1, 0.15) is 58.6 Å². The summed E-state index contributed by atoms with van der Waals surface area (Å²) in [5.41, 5.74) is 0.892. The summed E-state index contributed by atoms with van der Waals surface area (Å²) in [5, 5.41) is 6.70. The van der Waals surface area contributed by atoms with Gasteiger partial charge in [-0.2, -0.15) is 22.7 Å². The first-order valence-corrected chi connectivity index (χ1v) is 18.0. The van der Waals surface area contributed by atoms with E-state index < -0.39 is 23.2 Å². The van der Waals surface area contributed by atoms with Crippen LogP contribution in [0.5, 0.6) is 5.75 Å². The van der Waals surface area contributed by atoms with Crippen LogP contribution in [0.2, 0.25) is 5.02 Å². The number of aryl methyl sites for hydroxylation is 1. The van der Waals surface area contributed by atoms with Gasteiger partial charge >= 0.3 is 6.18 Å². The maximum atomic E-state index is 14.2. The molecule has 0 bridgehead atoms. The number of piperazine rings is 1. The Morgan fingerprint density at radius 1 is 1.05 bits per heavy atom. The number of ether oxygens (including phenoxy) is 1. The third-order valence-electron chi connectivity index (χ3n) is 9.29. The molecule has 4 heterocycles. The molecule has 1 saturated heterocycles. The van der Waals surface area contributed by atoms with Crippen molar-refractivity contribution in [3.05, 3.63) is 104 Å². The van der Waals surface area contributed by atoms with Crippen molar-refractivity contribution in [1.82, 2.24) is 34.0 Å². The van der Waals surface area contributed by atoms with Crippen molar-refractivity contribution in [2.45, 2.75) is 52.4 Å². The van der Waals surface area contributed by atoms with Crippen molar-refractivity contribution in [2.24, 2.45) is 5.92 Å². The fourth-order valence-corrected chi connectivity index (χ4v) is 6.53. The van der Waals surface area contributed by atoms with Gasteiger partial charge < -0.3 is 24.4 Å². The molecule has 1 aliphatic heterocycles. The van der Waals surface area contributed by atoms with E-state index in [9.17, 15) is 27.6 Å². The normalized spacial score (nSPS) is 14.4. The fraction of sp³-hybridized carbons (Fsp3) is 0.342. The highest BCUT2D eigenvalue weighted by atomic mass is 35.5. The number of rotatable bonds is 9. The molecule has 1 aliphatic carbocycles. The van der Waals surface area contributed by atoms with Gasteiger partial charge in [0.15, 0.2) is 11.4 Å². The fourth-order valence-electron chi connectivity index (χ4n) is 6.30. The van der Waals surface area contributed by atoms with E-state index in [1.165, 1.54) is 6.33 Å². The highest BCUT2D eigenvalue weighted by molar-refractivity contribution is 6.33. The summed E-state index contributed by atoms with van der Waals surface area (Å²) in [6.07, 6.45) is -1.05. The number of anilines is 2. The van der Waals surface area contributed by atoms with Crippen LogP contribution in [0.15, 0.2) is 59.7 Å². The Hall–Kier alpha value is -5.95. The molecule has 0 atom stereocenters. The SMILES string of the molecule is CCc1c(N2CCN(C(=O)c3ncnc(C)c3OCc3ccccc3)CC2)c(=O)n2nc(C#CC3CC3)nc2n1CC(=O)Nc1ccc(C(F)(F)F)cc1Cl. The van der Waals surface area contributed by atoms with E-state index in [-0.39, 0.29) is 84.8 Å². The van der Waals surface area contributed by atoms with E-state index in [0.29, 0.717) is 23.6 Å². The van der Waals surface area contributed by atoms with Crippen molar-refractivity contribution < 1.29 is 27.5 Å². The number of hydrogen-bond donors (Lipinski definition) is 1. The first-order valence-electron chi connectivity index (χ1n) is 17.6. The third-order valence-corrected chi connectivity index (χ3v) is 9.60. The van der Waals surface area contributed by atoms with Crippen LogP contribution in [0.4, 0.5) is 24.5 Å². The van der Waals surface area contributed by atoms with Crippen LogP contribution in [0.25, 0.3) is 5.78 Å². The molecule has 2 amide bonds. The minimum Gasteiger partial charge on any atom is -0.485 e. The number of fused-ring (bicyclic) bond motifs is 1. The first-order chi connectivity index (χ1) is 26.4. The molecule has 3 aromatic heterocycles. The molecule has 55 heavy (non-hydrogen) atoms. The number of halogens is 4. The molecule has 5 aromatic rings. The molecule has 0 unspecified atom stereocenters. The van der Waals surface area contributed by atoms with Gasteiger partial charge in [-0.15, -0.1) is 5.10 Å². The molecule has 1 saturated carbocycles. The number of alkyl halides is 3. The zero-order chi connectivity index (χ0) is 38.9. The summed E-state index contributed by atoms with van der Waals surface area (Å²) in [7, 11) is 0. The molecule has 0 radical (unpaired) electrons. The van der Waals surface area contributed by atoms with Crippen molar-refractivity contribution in [3.63, 3.8) is 0 Å². The summed E-state index contributed by atoms with van der Waals surface area (Å²) < 4.78 is 48.4. The number of carbonyl (C=O) groups excluding carboxylic acids is 2. The second-order valence-electron chi connectivity index (χ2n) is 13.2. The second kappa shape index (κ2) is 15.4. The summed E-state index contributed by atoms with van der Waals surface area (Å²) in [6, 6.07) is 12.2. The van der Waals surface area contributed by atoms with Gasteiger partial charge in [0, 0.05) is 32.1 Å². The van der Waals surface area contributed by atoms with Crippen molar-refractivity contribution in [3.8, 4) is 17.6 Å². The number of aromatic nitrogens is 6. The zero-order valence-electron chi connectivity index (χ0n) is 29.9. The molecule has 0 spiro atoms. The van der Waals surface area contributed by atoms with Crippen LogP contribution < -0.4 is 20.5 Å². The minimum absolute atomic E-state index is 0.0132. The van der Waals surface area contributed by atoms with Crippen LogP contribution >= 0.6 is 11.6 Å². The predicted octanol–water partition coefficient (Wildman–Crippen LogP) is 5.17. The van der Waals surface area contributed by atoms with Crippen molar-refractivity contribution >= 4 is 40.6 Å². The van der Waals surface area contributed by atoms with E-state index in [1.807, 2.05) is 42.2 Å². The minimum atomic E-state index is -4.61. The van der Waals surface area contributed by atoms with E-state index >= 15 is 0 Å². The van der Waals surface area contributed by atoms with Gasteiger partial charge in [0.05, 0.1) is 27.7 Å². The van der Waals surface area contributed by atoms with E-state index in [0.717, 1.165) is 41.1 Å². The molecule has 17 heteroatoms. The molecule has 2 fully saturated rings. The van der Waals surface area contributed by atoms with Gasteiger partial charge in [-0.3, -0.25) is 14.4 Å². The monoisotopic (exact) mass is 773 g/mol. The lowest BCUT2D eigenvalue weighted by Gasteiger charge is -2.36. The summed E-state index contributed by atoms with van der Waals surface area (Å²) in [5.74, 6) is 5.78. The maximum Gasteiger partial charge on any atom is 0.416 e. The highest BCUT2D eigenvalue weighted by Crippen LogP contribution is 2.34. The second-order valence-corrected chi connectivity index (χ2v) is 13.6. The maximum absolute atomic E-state index is 14.2. The number of amides is 2. The molecular weight excluding hydrogens is 739 g/mol. The molecular formula is C38H35ClF3N9O4. The largest absolute Gasteiger partial charge is 0.485 e. The molecule has 7 rings (SSSR count). The number of hydrogen-bond acceptors (Lipinski definition) is 9. The van der Waals surface area contributed by atoms with Crippen LogP contribution in [0.3, 0.4) is 0 Å². The number of carbonyl (C=O) groups is 2. The smallest absolute Gasteiger partial charge is 0.416 e. The zero-order valence-corrected chi connectivity index (χ0v) is 30.6. The Morgan fingerprint density at radius 3 is 2.47 bits per heavy atom. The summed E-state index contributed by atoms with van der Waals surface area (Å²) >= 11 is 6.13. The Morgan fingerprint density at radius 2 is 1.80 bits per heavy atom. The Kier molecular flexibility index (Phi) is 10.5. The van der Waals surface area contributed by atoms with Gasteiger partial charge in [0.1, 0.15) is 25.2 Å². The van der Waals surface area contributed by atoms with Crippen LogP contribution in [0, 0.1) is 24.7 Å². The molecule has 2 aliphatic rings. The van der Waals surface area contributed by atoms with Gasteiger partial charge in [-0.1, -0.05) is 54.8 Å². The van der Waals surface area contributed by atoms with Crippen LogP contribution in [-0.2, 0) is 30.5 Å². The standard InChI is InChI=1S/C38H35ClF3N9O4/c1-3-29-33(48-15-17-49(18-16-48)35(53)32-34(23(2)43-22-44-32)55-21-25-7-5-4-6-8-25)36(54)51-37(46-30(47-51)14-11-24-9-10-24)50(29)20-31(52)45-28-13-12-26(19-27(28)39)38(40,41)42/h4-8,12-13,19,22,24H,3,9-10,15-18,20-21H2,1-2H3,(H,45,52). The Labute approximate surface area is 318 Å². The predicted molar refractivity (Wildman–Crippen MR) is 197 cm³/mol. The number of benzene rings is 2. The molecule has 1 N–H and O–H groups in total. The Bertz CT molecular complexity index is 2390. The van der Waals surface area contributed by atoms with Gasteiger partial charge in [-0.25, -0.2) is 9.97 Å². The average Bonchev–Trinajstić information content (AvgIpc) is 3.91. The number of nitrogens with zero attached hydrogens (tertiary/aromatic N) is 8. The van der Waals surface area contributed by atoms with Gasteiger partial charge in [-0.05, 0) is 55.9 Å².